The highest BCUT2D eigenvalue weighted by Gasteiger charge is 2.00. The normalized spacial score (nSPS) is 12.0. The zero-order valence-electron chi connectivity index (χ0n) is 8.57. The second-order valence-corrected chi connectivity index (χ2v) is 7.26. The fourth-order valence-electron chi connectivity index (χ4n) is 1.23. The van der Waals surface area contributed by atoms with E-state index in [1.807, 2.05) is 0 Å². The minimum atomic E-state index is 0.129. The highest BCUT2D eigenvalue weighted by atomic mass is 79.9. The molecule has 0 nitrogen and oxygen atoms in total. The van der Waals surface area contributed by atoms with Gasteiger partial charge in [0.15, 0.2) is 0 Å². The molecule has 0 N–H and O–H groups in total. The summed E-state index contributed by atoms with van der Waals surface area (Å²) < 4.78 is 1.45. The van der Waals surface area contributed by atoms with Crippen LogP contribution in [-0.2, 0) is 0 Å². The van der Waals surface area contributed by atoms with Crippen molar-refractivity contribution in [1.82, 2.24) is 0 Å². The smallest absolute Gasteiger partial charge is 0.307 e. The molecule has 0 rings (SSSR count). The number of hydrogen-bond donors (Lipinski definition) is 0. The number of hydrogen-bond acceptors (Lipinski definition) is 0. The van der Waals surface area contributed by atoms with Crippen molar-refractivity contribution in [2.45, 2.75) is 44.6 Å². The first-order chi connectivity index (χ1) is 5.66. The average Bonchev–Trinajstić information content (AvgIpc) is 2.00. The van der Waals surface area contributed by atoms with E-state index in [1.54, 1.807) is 0 Å². The summed E-state index contributed by atoms with van der Waals surface area (Å²) in [5.41, 5.74) is 1.46. The Balaban J connectivity index is 3.31. The fourth-order valence-corrected chi connectivity index (χ4v) is 3.05. The summed E-state index contributed by atoms with van der Waals surface area (Å²) in [6.07, 6.45) is 6.41. The van der Waals surface area contributed by atoms with Crippen molar-refractivity contribution in [1.29, 1.82) is 0 Å². The van der Waals surface area contributed by atoms with Gasteiger partial charge in [0.1, 0.15) is 0 Å². The van der Waals surface area contributed by atoms with Crippen molar-refractivity contribution in [3.05, 3.63) is 11.6 Å². The van der Waals surface area contributed by atoms with E-state index in [0.29, 0.717) is 0 Å². The van der Waals surface area contributed by atoms with Crippen molar-refractivity contribution in [3.63, 3.8) is 0 Å². The van der Waals surface area contributed by atoms with Crippen LogP contribution in [0.4, 0.5) is 0 Å². The molecule has 0 bridgehead atoms. The molecule has 68 valence electrons. The molecule has 0 saturated carbocycles. The molecular weight excluding hydrogens is 224 g/mol. The molecule has 0 amide bonds. The first-order valence-corrected chi connectivity index (χ1v) is 9.76. The molecule has 0 aromatic heterocycles. The van der Waals surface area contributed by atoms with Crippen molar-refractivity contribution >= 4 is 31.1 Å². The molecule has 0 aromatic carbocycles. The summed E-state index contributed by atoms with van der Waals surface area (Å²) in [7, 11) is 0. The summed E-state index contributed by atoms with van der Waals surface area (Å²) in [4.78, 5) is 0. The monoisotopic (exact) mass is 242 g/mol. The molecule has 0 saturated heterocycles. The predicted molar refractivity (Wildman–Crippen MR) is 61.9 cm³/mol. The molecule has 0 aliphatic heterocycles. The van der Waals surface area contributed by atoms with Crippen LogP contribution >= 0.6 is 12.9 Å². The molecule has 12 heavy (non-hydrogen) atoms. The third-order valence-electron chi connectivity index (χ3n) is 2.04. The van der Waals surface area contributed by atoms with Crippen LogP contribution in [0.1, 0.15) is 40.0 Å². The summed E-state index contributed by atoms with van der Waals surface area (Å²) in [5, 5.41) is 0. The molecular formula is C10H19BrMg. The molecule has 0 spiro atoms. The number of halogens is 1. The molecule has 0 aliphatic carbocycles. The second-order valence-electron chi connectivity index (χ2n) is 3.80. The largest absolute Gasteiger partial charge is 0.468 e. The Morgan fingerprint density at radius 3 is 2.58 bits per heavy atom. The van der Waals surface area contributed by atoms with Gasteiger partial charge in [-0.1, -0.05) is 25.0 Å². The minimum Gasteiger partial charge on any atom is -0.307 e. The highest BCUT2D eigenvalue weighted by molar-refractivity contribution is 9.23. The van der Waals surface area contributed by atoms with Crippen molar-refractivity contribution < 1.29 is 0 Å². The van der Waals surface area contributed by atoms with Crippen LogP contribution in [0.25, 0.3) is 0 Å². The molecule has 0 aliphatic rings. The zero-order chi connectivity index (χ0) is 9.40. The standard InChI is InChI=1S/C10H19.BrH.Mg/c1-5-10(4)8-6-7-9(2)3;;/h7,10H,1,5-6,8H2,2-4H3;1H;/q;;+1/p-1. The molecule has 0 aromatic rings. The van der Waals surface area contributed by atoms with E-state index in [9.17, 15) is 0 Å². The van der Waals surface area contributed by atoms with Gasteiger partial charge in [-0.2, -0.15) is 0 Å². The van der Waals surface area contributed by atoms with E-state index in [4.69, 9.17) is 0 Å². The van der Waals surface area contributed by atoms with Gasteiger partial charge < -0.3 is 12.9 Å². The third kappa shape index (κ3) is 9.08. The Labute approximate surface area is 92.8 Å². The Hall–Kier alpha value is 0.986. The topological polar surface area (TPSA) is 0 Å². The van der Waals surface area contributed by atoms with E-state index in [1.165, 1.54) is 29.4 Å². The van der Waals surface area contributed by atoms with Gasteiger partial charge in [-0.3, -0.25) is 0 Å². The average molecular weight is 243 g/mol. The highest BCUT2D eigenvalue weighted by Crippen LogP contribution is 2.14. The third-order valence-corrected chi connectivity index (χ3v) is 4.40. The lowest BCUT2D eigenvalue weighted by atomic mass is 10.0. The SMILES string of the molecule is CC(C)=CCCC(C)C[CH2][Mg][Br]. The van der Waals surface area contributed by atoms with Gasteiger partial charge in [-0.25, -0.2) is 0 Å². The van der Waals surface area contributed by atoms with Crippen molar-refractivity contribution in [3.8, 4) is 0 Å². The Morgan fingerprint density at radius 2 is 2.08 bits per heavy atom. The number of rotatable bonds is 6. The Kier molecular flexibility index (Phi) is 9.28. The van der Waals surface area contributed by atoms with E-state index in [2.05, 4.69) is 39.7 Å². The first kappa shape index (κ1) is 13.0. The summed E-state index contributed by atoms with van der Waals surface area (Å²) in [6.45, 7) is 6.72. The van der Waals surface area contributed by atoms with E-state index in [-0.39, 0.29) is 18.2 Å². The zero-order valence-corrected chi connectivity index (χ0v) is 11.6. The van der Waals surface area contributed by atoms with Crippen LogP contribution in [0.2, 0.25) is 4.55 Å². The van der Waals surface area contributed by atoms with Gasteiger partial charge in [-0.05, 0) is 32.6 Å². The van der Waals surface area contributed by atoms with Gasteiger partial charge in [0.2, 0.25) is 0 Å². The van der Waals surface area contributed by atoms with Crippen LogP contribution in [0.5, 0.6) is 0 Å². The quantitative estimate of drug-likeness (QED) is 0.485. The summed E-state index contributed by atoms with van der Waals surface area (Å²) >= 11 is 3.73. The maximum absolute atomic E-state index is 3.60. The molecule has 0 fully saturated rings. The number of allylic oxidation sites excluding steroid dienone is 2. The predicted octanol–water partition coefficient (Wildman–Crippen LogP) is 4.19. The lowest BCUT2D eigenvalue weighted by Gasteiger charge is -2.07. The van der Waals surface area contributed by atoms with Crippen LogP contribution in [-0.4, -0.2) is 18.2 Å². The lowest BCUT2D eigenvalue weighted by molar-refractivity contribution is 0.521. The van der Waals surface area contributed by atoms with E-state index >= 15 is 0 Å². The van der Waals surface area contributed by atoms with Crippen molar-refractivity contribution in [2.75, 3.05) is 0 Å². The molecule has 1 atom stereocenters. The molecule has 0 heterocycles. The van der Waals surface area contributed by atoms with E-state index < -0.39 is 0 Å². The van der Waals surface area contributed by atoms with Gasteiger partial charge in [-0.15, -0.1) is 4.55 Å². The van der Waals surface area contributed by atoms with Gasteiger partial charge >= 0.3 is 18.2 Å². The maximum atomic E-state index is 3.60. The molecule has 1 unspecified atom stereocenters. The van der Waals surface area contributed by atoms with Gasteiger partial charge in [0.05, 0.1) is 0 Å². The van der Waals surface area contributed by atoms with Crippen LogP contribution < -0.4 is 0 Å². The Bertz CT molecular complexity index is 128. The van der Waals surface area contributed by atoms with Crippen molar-refractivity contribution in [2.24, 2.45) is 5.92 Å². The molecule has 0 radical (unpaired) electrons. The summed E-state index contributed by atoms with van der Waals surface area (Å²) in [5.74, 6) is 0.922. The van der Waals surface area contributed by atoms with Gasteiger partial charge in [0.25, 0.3) is 0 Å². The Morgan fingerprint density at radius 1 is 1.42 bits per heavy atom. The molecule has 2 heteroatoms. The summed E-state index contributed by atoms with van der Waals surface area (Å²) in [6, 6.07) is 0. The second kappa shape index (κ2) is 8.58. The fraction of sp³-hybridized carbons (Fsp3) is 0.800. The maximum Gasteiger partial charge on any atom is 0.468 e. The van der Waals surface area contributed by atoms with Crippen LogP contribution in [0, 0.1) is 5.92 Å². The van der Waals surface area contributed by atoms with Crippen LogP contribution in [0.3, 0.4) is 0 Å². The first-order valence-electron chi connectivity index (χ1n) is 4.86. The van der Waals surface area contributed by atoms with E-state index in [0.717, 1.165) is 5.92 Å². The minimum absolute atomic E-state index is 0.129. The van der Waals surface area contributed by atoms with Crippen LogP contribution in [0.15, 0.2) is 11.6 Å². The lowest BCUT2D eigenvalue weighted by Crippen LogP contribution is -1.94. The van der Waals surface area contributed by atoms with Gasteiger partial charge in [0, 0.05) is 0 Å².